The summed E-state index contributed by atoms with van der Waals surface area (Å²) in [6.07, 6.45) is 10.1. The highest BCUT2D eigenvalue weighted by Crippen LogP contribution is 2.36. The fourth-order valence-corrected chi connectivity index (χ4v) is 4.91. The van der Waals surface area contributed by atoms with Crippen LogP contribution in [0.5, 0.6) is 0 Å². The van der Waals surface area contributed by atoms with Gasteiger partial charge < -0.3 is 9.80 Å². The first-order chi connectivity index (χ1) is 12.2. The van der Waals surface area contributed by atoms with Gasteiger partial charge in [-0.3, -0.25) is 9.59 Å². The van der Waals surface area contributed by atoms with Crippen LogP contribution in [0.15, 0.2) is 24.3 Å². The summed E-state index contributed by atoms with van der Waals surface area (Å²) in [4.78, 5) is 29.1. The van der Waals surface area contributed by atoms with E-state index in [9.17, 15) is 9.59 Å². The maximum Gasteiger partial charge on any atom is 0.254 e. The molecule has 1 aliphatic carbocycles. The summed E-state index contributed by atoms with van der Waals surface area (Å²) in [5.41, 5.74) is 1.69. The van der Waals surface area contributed by atoms with Crippen molar-refractivity contribution in [3.8, 4) is 0 Å². The number of hydrogen-bond acceptors (Lipinski definition) is 2. The molecule has 0 bridgehead atoms. The van der Waals surface area contributed by atoms with Crippen LogP contribution < -0.4 is 4.90 Å². The number of fused-ring (bicyclic) bond motifs is 1. The van der Waals surface area contributed by atoms with Gasteiger partial charge in [-0.25, -0.2) is 0 Å². The van der Waals surface area contributed by atoms with Crippen LogP contribution in [0.3, 0.4) is 0 Å². The van der Waals surface area contributed by atoms with Gasteiger partial charge in [-0.15, -0.1) is 0 Å². The van der Waals surface area contributed by atoms with Gasteiger partial charge in [0.2, 0.25) is 5.91 Å². The Morgan fingerprint density at radius 1 is 0.880 bits per heavy atom. The van der Waals surface area contributed by atoms with Crippen LogP contribution in [-0.4, -0.2) is 35.8 Å². The molecule has 4 nitrogen and oxygen atoms in total. The molecule has 2 saturated heterocycles. The first-order valence-electron chi connectivity index (χ1n) is 9.95. The molecule has 4 rings (SSSR count). The number of amides is 2. The molecule has 4 heteroatoms. The number of hydrogen-bond donors (Lipinski definition) is 0. The lowest BCUT2D eigenvalue weighted by Gasteiger charge is -2.44. The fourth-order valence-electron chi connectivity index (χ4n) is 4.91. The number of likely N-dealkylation sites (tertiary alicyclic amines) is 1. The van der Waals surface area contributed by atoms with Gasteiger partial charge in [-0.2, -0.15) is 0 Å². The lowest BCUT2D eigenvalue weighted by atomic mass is 9.78. The number of carbonyl (C=O) groups excluding carboxylic acids is 2. The SMILES string of the molecule is O=C1CCCCN1c1ccc(C(=O)N2CCC[C@H]3CCCC[C@H]32)cc1. The zero-order chi connectivity index (χ0) is 17.2. The van der Waals surface area contributed by atoms with Crippen molar-refractivity contribution in [3.63, 3.8) is 0 Å². The summed E-state index contributed by atoms with van der Waals surface area (Å²) in [7, 11) is 0. The second kappa shape index (κ2) is 7.19. The summed E-state index contributed by atoms with van der Waals surface area (Å²) in [5, 5.41) is 0. The van der Waals surface area contributed by atoms with E-state index < -0.39 is 0 Å². The molecule has 1 saturated carbocycles. The van der Waals surface area contributed by atoms with Crippen LogP contribution in [0.25, 0.3) is 0 Å². The Morgan fingerprint density at radius 2 is 1.64 bits per heavy atom. The van der Waals surface area contributed by atoms with Gasteiger partial charge in [0.1, 0.15) is 0 Å². The molecule has 0 radical (unpaired) electrons. The van der Waals surface area contributed by atoms with E-state index in [1.807, 2.05) is 29.2 Å². The van der Waals surface area contributed by atoms with E-state index in [-0.39, 0.29) is 11.8 Å². The molecule has 0 aromatic heterocycles. The zero-order valence-electron chi connectivity index (χ0n) is 15.0. The number of nitrogens with zero attached hydrogens (tertiary/aromatic N) is 2. The molecule has 1 aromatic rings. The Morgan fingerprint density at radius 3 is 2.44 bits per heavy atom. The molecule has 25 heavy (non-hydrogen) atoms. The Hall–Kier alpha value is -1.84. The Kier molecular flexibility index (Phi) is 4.78. The first kappa shape index (κ1) is 16.6. The number of piperidine rings is 2. The van der Waals surface area contributed by atoms with Crippen molar-refractivity contribution < 1.29 is 9.59 Å². The van der Waals surface area contributed by atoms with Crippen LogP contribution in [-0.2, 0) is 4.79 Å². The van der Waals surface area contributed by atoms with Crippen molar-refractivity contribution in [1.82, 2.24) is 4.90 Å². The van der Waals surface area contributed by atoms with Crippen LogP contribution in [0.2, 0.25) is 0 Å². The third-order valence-corrected chi connectivity index (χ3v) is 6.25. The molecular weight excluding hydrogens is 312 g/mol. The minimum absolute atomic E-state index is 0.174. The predicted octanol–water partition coefficient (Wildman–Crippen LogP) is 4.00. The molecule has 2 heterocycles. The van der Waals surface area contributed by atoms with Gasteiger partial charge in [0.25, 0.3) is 5.91 Å². The third-order valence-electron chi connectivity index (χ3n) is 6.25. The number of carbonyl (C=O) groups is 2. The van der Waals surface area contributed by atoms with Crippen LogP contribution in [0, 0.1) is 5.92 Å². The largest absolute Gasteiger partial charge is 0.335 e. The van der Waals surface area contributed by atoms with Crippen molar-refractivity contribution in [2.75, 3.05) is 18.0 Å². The highest BCUT2D eigenvalue weighted by molar-refractivity contribution is 5.97. The van der Waals surface area contributed by atoms with Crippen molar-refractivity contribution >= 4 is 17.5 Å². The monoisotopic (exact) mass is 340 g/mol. The van der Waals surface area contributed by atoms with Gasteiger partial charge in [-0.1, -0.05) is 12.8 Å². The smallest absolute Gasteiger partial charge is 0.254 e. The second-order valence-electron chi connectivity index (χ2n) is 7.80. The van der Waals surface area contributed by atoms with Gasteiger partial charge in [0, 0.05) is 36.8 Å². The molecule has 2 aliphatic heterocycles. The molecule has 2 atom stereocenters. The van der Waals surface area contributed by atoms with E-state index in [1.165, 1.54) is 25.7 Å². The molecule has 134 valence electrons. The summed E-state index contributed by atoms with van der Waals surface area (Å²) in [6.45, 7) is 1.69. The molecule has 3 fully saturated rings. The zero-order valence-corrected chi connectivity index (χ0v) is 15.0. The summed E-state index contributed by atoms with van der Waals surface area (Å²) < 4.78 is 0. The molecule has 0 spiro atoms. The fraction of sp³-hybridized carbons (Fsp3) is 0.619. The van der Waals surface area contributed by atoms with Crippen molar-refractivity contribution in [1.29, 1.82) is 0 Å². The second-order valence-corrected chi connectivity index (χ2v) is 7.80. The average molecular weight is 340 g/mol. The minimum Gasteiger partial charge on any atom is -0.335 e. The van der Waals surface area contributed by atoms with E-state index in [0.29, 0.717) is 18.4 Å². The standard InChI is InChI=1S/C21H28N2O2/c24-20-9-3-4-14-22(20)18-12-10-17(11-13-18)21(25)23-15-5-7-16-6-1-2-8-19(16)23/h10-13,16,19H,1-9,14-15H2/t16-,19-/m1/s1. The van der Waals surface area contributed by atoms with E-state index in [2.05, 4.69) is 4.90 Å². The molecule has 1 aromatic carbocycles. The molecule has 2 amide bonds. The van der Waals surface area contributed by atoms with E-state index >= 15 is 0 Å². The lowest BCUT2D eigenvalue weighted by molar-refractivity contribution is -0.119. The average Bonchev–Trinajstić information content (AvgIpc) is 2.67. The number of rotatable bonds is 2. The van der Waals surface area contributed by atoms with E-state index in [4.69, 9.17) is 0 Å². The summed E-state index contributed by atoms with van der Waals surface area (Å²) in [6, 6.07) is 8.15. The third kappa shape index (κ3) is 3.31. The van der Waals surface area contributed by atoms with Gasteiger partial charge in [0.15, 0.2) is 0 Å². The molecular formula is C21H28N2O2. The van der Waals surface area contributed by atoms with Crippen molar-refractivity contribution in [3.05, 3.63) is 29.8 Å². The van der Waals surface area contributed by atoms with Gasteiger partial charge in [-0.05, 0) is 68.7 Å². The van der Waals surface area contributed by atoms with Gasteiger partial charge >= 0.3 is 0 Å². The highest BCUT2D eigenvalue weighted by atomic mass is 16.2. The molecule has 0 unspecified atom stereocenters. The first-order valence-corrected chi connectivity index (χ1v) is 9.95. The predicted molar refractivity (Wildman–Crippen MR) is 98.7 cm³/mol. The van der Waals surface area contributed by atoms with Crippen LogP contribution in [0.1, 0.15) is 68.1 Å². The highest BCUT2D eigenvalue weighted by Gasteiger charge is 2.36. The maximum atomic E-state index is 13.1. The van der Waals surface area contributed by atoms with Gasteiger partial charge in [0.05, 0.1) is 0 Å². The summed E-state index contributed by atoms with van der Waals surface area (Å²) >= 11 is 0. The quantitative estimate of drug-likeness (QED) is 0.816. The van der Waals surface area contributed by atoms with Crippen molar-refractivity contribution in [2.24, 2.45) is 5.92 Å². The Balaban J connectivity index is 1.49. The molecule has 3 aliphatic rings. The van der Waals surface area contributed by atoms with Crippen molar-refractivity contribution in [2.45, 2.75) is 63.8 Å². The number of benzene rings is 1. The van der Waals surface area contributed by atoms with Crippen LogP contribution in [0.4, 0.5) is 5.69 Å². The maximum absolute atomic E-state index is 13.1. The topological polar surface area (TPSA) is 40.6 Å². The number of anilines is 1. The molecule has 0 N–H and O–H groups in total. The minimum atomic E-state index is 0.174. The lowest BCUT2D eigenvalue weighted by Crippen LogP contribution is -2.49. The normalized spacial score (nSPS) is 27.1. The van der Waals surface area contributed by atoms with E-state index in [1.54, 1.807) is 0 Å². The van der Waals surface area contributed by atoms with E-state index in [0.717, 1.165) is 50.0 Å². The Bertz CT molecular complexity index is 638. The van der Waals surface area contributed by atoms with Crippen LogP contribution >= 0.6 is 0 Å². The Labute approximate surface area is 150 Å². The summed E-state index contributed by atoms with van der Waals surface area (Å²) in [5.74, 6) is 1.08.